The molecular weight excluding hydrogens is 207 g/mol. The van der Waals surface area contributed by atoms with E-state index in [1.807, 2.05) is 0 Å². The Morgan fingerprint density at radius 3 is 2.71 bits per heavy atom. The van der Waals surface area contributed by atoms with Crippen LogP contribution in [-0.2, 0) is 13.6 Å². The quantitative estimate of drug-likeness (QED) is 0.548. The average Bonchev–Trinajstić information content (AvgIpc) is 2.12. The van der Waals surface area contributed by atoms with Gasteiger partial charge in [-0.05, 0) is 0 Å². The monoisotopic (exact) mass is 220 g/mol. The van der Waals surface area contributed by atoms with Crippen molar-refractivity contribution in [1.29, 1.82) is 0 Å². The Labute approximate surface area is 82.3 Å². The predicted octanol–water partition coefficient (Wildman–Crippen LogP) is 0.995. The van der Waals surface area contributed by atoms with Gasteiger partial charge in [0.2, 0.25) is 0 Å². The predicted molar refractivity (Wildman–Crippen MR) is 50.6 cm³/mol. The third kappa shape index (κ3) is 3.36. The molecule has 0 spiro atoms. The summed E-state index contributed by atoms with van der Waals surface area (Å²) in [5.74, 6) is 0. The van der Waals surface area contributed by atoms with E-state index in [0.29, 0.717) is 6.42 Å². The Bertz CT molecular complexity index is 275. The third-order valence-corrected chi connectivity index (χ3v) is 2.80. The van der Waals surface area contributed by atoms with E-state index in [1.54, 1.807) is 0 Å². The molecule has 0 aromatic heterocycles. The van der Waals surface area contributed by atoms with Crippen LogP contribution in [0.15, 0.2) is 24.8 Å². The number of phosphoric acid groups is 1. The Morgan fingerprint density at radius 2 is 2.14 bits per heavy atom. The zero-order valence-corrected chi connectivity index (χ0v) is 8.47. The molecule has 1 rings (SSSR count). The highest BCUT2D eigenvalue weighted by molar-refractivity contribution is 7.47. The Balaban J connectivity index is 2.65. The van der Waals surface area contributed by atoms with Crippen LogP contribution in [0.1, 0.15) is 6.42 Å². The molecule has 0 bridgehead atoms. The molecule has 80 valence electrons. The number of hydrogen-bond donors (Lipinski definition) is 2. The molecule has 1 saturated heterocycles. The molecule has 3 atom stereocenters. The van der Waals surface area contributed by atoms with Crippen LogP contribution < -0.4 is 0 Å². The number of hydrogen-bond acceptors (Lipinski definition) is 4. The maximum absolute atomic E-state index is 11.1. The molecular formula is C8H13O5P. The van der Waals surface area contributed by atoms with Crippen LogP contribution in [0.3, 0.4) is 0 Å². The highest BCUT2D eigenvalue weighted by atomic mass is 31.2. The van der Waals surface area contributed by atoms with E-state index < -0.39 is 20.0 Å². The summed E-state index contributed by atoms with van der Waals surface area (Å²) in [5.41, 5.74) is 0. The summed E-state index contributed by atoms with van der Waals surface area (Å²) in [6.45, 7) is 3.35. The number of rotatable bonds is 3. The normalized spacial score (nSPS) is 38.7. The summed E-state index contributed by atoms with van der Waals surface area (Å²) in [7, 11) is -3.96. The second-order valence-electron chi connectivity index (χ2n) is 2.84. The van der Waals surface area contributed by atoms with Gasteiger partial charge in [-0.3, -0.25) is 9.05 Å². The number of aliphatic hydroxyl groups excluding tert-OH is 1. The fourth-order valence-corrected chi connectivity index (χ4v) is 2.21. The molecule has 0 radical (unpaired) electrons. The van der Waals surface area contributed by atoms with Gasteiger partial charge in [-0.1, -0.05) is 18.2 Å². The van der Waals surface area contributed by atoms with Crippen molar-refractivity contribution in [3.63, 3.8) is 0 Å². The molecule has 14 heavy (non-hydrogen) atoms. The first kappa shape index (κ1) is 11.6. The molecule has 0 saturated carbocycles. The van der Waals surface area contributed by atoms with Crippen molar-refractivity contribution in [2.75, 3.05) is 6.61 Å². The third-order valence-electron chi connectivity index (χ3n) is 1.72. The van der Waals surface area contributed by atoms with Crippen LogP contribution >= 0.6 is 7.82 Å². The molecule has 0 aromatic rings. The Hall–Kier alpha value is -0.450. The second kappa shape index (κ2) is 4.87. The standard InChI is InChI=1S/C8H13O5P/c1-2-7-6-8(4-3-5-9)13-14(10,11)12-7/h2-4,7-9H,1,5-6H2,(H,10,11)/b4-3+/t7-,8-/m1/s1. The first-order chi connectivity index (χ1) is 6.57. The van der Waals surface area contributed by atoms with Crippen LogP contribution in [0, 0.1) is 0 Å². The first-order valence-corrected chi connectivity index (χ1v) is 5.66. The van der Waals surface area contributed by atoms with Gasteiger partial charge in [0.25, 0.3) is 0 Å². The largest absolute Gasteiger partial charge is 0.473 e. The van der Waals surface area contributed by atoms with Crippen LogP contribution in [-0.4, -0.2) is 28.8 Å². The Kier molecular flexibility index (Phi) is 4.04. The van der Waals surface area contributed by atoms with E-state index >= 15 is 0 Å². The maximum Gasteiger partial charge on any atom is 0.473 e. The number of phosphoric ester groups is 1. The molecule has 1 fully saturated rings. The van der Waals surface area contributed by atoms with Crippen LogP contribution in [0.4, 0.5) is 0 Å². The molecule has 2 N–H and O–H groups in total. The molecule has 0 amide bonds. The lowest BCUT2D eigenvalue weighted by Crippen LogP contribution is -2.25. The van der Waals surface area contributed by atoms with Gasteiger partial charge in [-0.2, -0.15) is 0 Å². The van der Waals surface area contributed by atoms with Crippen LogP contribution in [0.2, 0.25) is 0 Å². The summed E-state index contributed by atoms with van der Waals surface area (Å²) in [6, 6.07) is 0. The highest BCUT2D eigenvalue weighted by Crippen LogP contribution is 2.50. The zero-order chi connectivity index (χ0) is 10.6. The summed E-state index contributed by atoms with van der Waals surface area (Å²) >= 11 is 0. The topological polar surface area (TPSA) is 76.0 Å². The second-order valence-corrected chi connectivity index (χ2v) is 4.20. The first-order valence-electron chi connectivity index (χ1n) is 4.17. The average molecular weight is 220 g/mol. The molecule has 0 aromatic carbocycles. The molecule has 5 nitrogen and oxygen atoms in total. The van der Waals surface area contributed by atoms with Crippen molar-refractivity contribution < 1.29 is 23.6 Å². The minimum Gasteiger partial charge on any atom is -0.392 e. The lowest BCUT2D eigenvalue weighted by Gasteiger charge is -2.28. The van der Waals surface area contributed by atoms with Gasteiger partial charge in [-0.25, -0.2) is 4.57 Å². The number of aliphatic hydroxyl groups is 1. The fourth-order valence-electron chi connectivity index (χ4n) is 1.15. The van der Waals surface area contributed by atoms with Gasteiger partial charge in [-0.15, -0.1) is 6.58 Å². The van der Waals surface area contributed by atoms with E-state index in [1.165, 1.54) is 18.2 Å². The summed E-state index contributed by atoms with van der Waals surface area (Å²) in [6.07, 6.45) is 3.84. The molecule has 1 aliphatic heterocycles. The van der Waals surface area contributed by atoms with Crippen molar-refractivity contribution in [1.82, 2.24) is 0 Å². The van der Waals surface area contributed by atoms with Gasteiger partial charge in [0.05, 0.1) is 18.8 Å². The van der Waals surface area contributed by atoms with Crippen LogP contribution in [0.5, 0.6) is 0 Å². The van der Waals surface area contributed by atoms with Gasteiger partial charge < -0.3 is 10.00 Å². The van der Waals surface area contributed by atoms with Gasteiger partial charge in [0.1, 0.15) is 0 Å². The van der Waals surface area contributed by atoms with Gasteiger partial charge >= 0.3 is 7.82 Å². The lowest BCUT2D eigenvalue weighted by atomic mass is 10.1. The van der Waals surface area contributed by atoms with E-state index in [0.717, 1.165) is 0 Å². The van der Waals surface area contributed by atoms with Gasteiger partial charge in [0.15, 0.2) is 0 Å². The minimum absolute atomic E-state index is 0.130. The smallest absolute Gasteiger partial charge is 0.392 e. The van der Waals surface area contributed by atoms with Crippen molar-refractivity contribution in [2.45, 2.75) is 18.6 Å². The Morgan fingerprint density at radius 1 is 1.50 bits per heavy atom. The summed E-state index contributed by atoms with van der Waals surface area (Å²) in [4.78, 5) is 9.11. The lowest BCUT2D eigenvalue weighted by molar-refractivity contribution is 0.0403. The zero-order valence-electron chi connectivity index (χ0n) is 7.57. The molecule has 1 unspecified atom stereocenters. The summed E-state index contributed by atoms with van der Waals surface area (Å²) in [5, 5.41) is 8.52. The molecule has 0 aliphatic carbocycles. The highest BCUT2D eigenvalue weighted by Gasteiger charge is 2.35. The van der Waals surface area contributed by atoms with E-state index in [9.17, 15) is 4.57 Å². The van der Waals surface area contributed by atoms with Crippen molar-refractivity contribution in [2.24, 2.45) is 0 Å². The summed E-state index contributed by atoms with van der Waals surface area (Å²) < 4.78 is 20.6. The SMILES string of the molecule is C=C[C@@H]1C[C@@H](/C=C/CO)OP(=O)(O)O1. The molecule has 1 aliphatic rings. The van der Waals surface area contributed by atoms with E-state index in [-0.39, 0.29) is 6.61 Å². The maximum atomic E-state index is 11.1. The minimum atomic E-state index is -3.96. The molecule has 1 heterocycles. The van der Waals surface area contributed by atoms with Gasteiger partial charge in [0, 0.05) is 6.42 Å². The molecule has 6 heteroatoms. The fraction of sp³-hybridized carbons (Fsp3) is 0.500. The van der Waals surface area contributed by atoms with Crippen LogP contribution in [0.25, 0.3) is 0 Å². The van der Waals surface area contributed by atoms with Crippen molar-refractivity contribution >= 4 is 7.82 Å². The van der Waals surface area contributed by atoms with Crippen molar-refractivity contribution in [3.05, 3.63) is 24.8 Å². The van der Waals surface area contributed by atoms with Crippen molar-refractivity contribution in [3.8, 4) is 0 Å². The van der Waals surface area contributed by atoms with E-state index in [4.69, 9.17) is 19.0 Å². The van der Waals surface area contributed by atoms with E-state index in [2.05, 4.69) is 6.58 Å².